The molecular weight excluding hydrogens is 751 g/mol. The molecule has 1 saturated carbocycles. The summed E-state index contributed by atoms with van der Waals surface area (Å²) in [7, 11) is 0. The first kappa shape index (κ1) is 37.7. The molecular formula is C59H47N3. The number of hydrogen-bond acceptors (Lipinski definition) is 3. The SMILES string of the molecule is C=C1CC(CC)CC(C)C12c1ccc(-c3ccccc3-c3ccccc3-c3nc(-c4ccccc4)nc(-c4cccc(-c5ccccc5)c4)n3)cc1-c1ccc3ccccc3c12. The van der Waals surface area contributed by atoms with Gasteiger partial charge in [0.2, 0.25) is 0 Å². The van der Waals surface area contributed by atoms with E-state index in [0.717, 1.165) is 45.4 Å². The largest absolute Gasteiger partial charge is 0.208 e. The van der Waals surface area contributed by atoms with Gasteiger partial charge < -0.3 is 0 Å². The molecule has 298 valence electrons. The van der Waals surface area contributed by atoms with Crippen LogP contribution in [0.3, 0.4) is 0 Å². The Morgan fingerprint density at radius 2 is 1.08 bits per heavy atom. The van der Waals surface area contributed by atoms with Gasteiger partial charge in [-0.15, -0.1) is 0 Å². The summed E-state index contributed by atoms with van der Waals surface area (Å²) in [6, 6.07) is 67.4. The van der Waals surface area contributed by atoms with Crippen molar-refractivity contribution in [2.24, 2.45) is 11.8 Å². The number of fused-ring (bicyclic) bond motifs is 7. The predicted molar refractivity (Wildman–Crippen MR) is 257 cm³/mol. The Hall–Kier alpha value is -7.23. The van der Waals surface area contributed by atoms with Crippen LogP contribution in [-0.2, 0) is 5.41 Å². The van der Waals surface area contributed by atoms with Crippen molar-refractivity contribution in [1.29, 1.82) is 0 Å². The first-order valence-electron chi connectivity index (χ1n) is 22.0. The second kappa shape index (κ2) is 15.3. The first-order valence-corrected chi connectivity index (χ1v) is 22.0. The lowest BCUT2D eigenvalue weighted by molar-refractivity contribution is 0.249. The summed E-state index contributed by atoms with van der Waals surface area (Å²) in [5.41, 5.74) is 16.3. The number of allylic oxidation sites excluding steroid dienone is 1. The average molecular weight is 798 g/mol. The lowest BCUT2D eigenvalue weighted by Crippen LogP contribution is -2.40. The fraction of sp³-hybridized carbons (Fsp3) is 0.136. The molecule has 8 aromatic carbocycles. The van der Waals surface area contributed by atoms with Gasteiger partial charge in [-0.25, -0.2) is 15.0 Å². The molecule has 62 heavy (non-hydrogen) atoms. The molecule has 3 unspecified atom stereocenters. The van der Waals surface area contributed by atoms with Gasteiger partial charge in [-0.3, -0.25) is 0 Å². The molecule has 0 aliphatic heterocycles. The third-order valence-corrected chi connectivity index (χ3v) is 13.7. The fourth-order valence-electron chi connectivity index (χ4n) is 10.8. The molecule has 9 aromatic rings. The molecule has 0 amide bonds. The van der Waals surface area contributed by atoms with Crippen LogP contribution in [0.4, 0.5) is 0 Å². The van der Waals surface area contributed by atoms with Gasteiger partial charge in [0.05, 0.1) is 0 Å². The minimum atomic E-state index is -0.227. The number of benzene rings is 8. The minimum Gasteiger partial charge on any atom is -0.208 e. The Kier molecular flexibility index (Phi) is 9.34. The normalized spacial score (nSPS) is 17.9. The number of nitrogens with zero attached hydrogens (tertiary/aromatic N) is 3. The van der Waals surface area contributed by atoms with E-state index in [-0.39, 0.29) is 5.41 Å². The van der Waals surface area contributed by atoms with Gasteiger partial charge in [0.1, 0.15) is 0 Å². The van der Waals surface area contributed by atoms with Gasteiger partial charge in [-0.2, -0.15) is 0 Å². The molecule has 11 rings (SSSR count). The van der Waals surface area contributed by atoms with E-state index in [2.05, 4.69) is 178 Å². The summed E-state index contributed by atoms with van der Waals surface area (Å²) < 4.78 is 0. The van der Waals surface area contributed by atoms with Gasteiger partial charge in [-0.05, 0) is 103 Å². The fourth-order valence-corrected chi connectivity index (χ4v) is 10.8. The highest BCUT2D eigenvalue weighted by atomic mass is 15.0. The monoisotopic (exact) mass is 797 g/mol. The van der Waals surface area contributed by atoms with Crippen LogP contribution >= 0.6 is 0 Å². The van der Waals surface area contributed by atoms with Crippen molar-refractivity contribution < 1.29 is 0 Å². The van der Waals surface area contributed by atoms with Crippen LogP contribution in [0.15, 0.2) is 200 Å². The highest BCUT2D eigenvalue weighted by Crippen LogP contribution is 2.63. The second-order valence-corrected chi connectivity index (χ2v) is 17.2. The standard InChI is InChI=1S/C59H47N3/c1-4-40-34-38(2)59(39(3)35-40)54-33-31-45(37-53(54)51-32-30-42-20-11-12-26-48(42)55(51)59)47-25-13-14-27-49(47)50-28-15-16-29-52(50)58-61-56(43-21-9-6-10-22-43)60-57(62-58)46-24-17-23-44(36-46)41-18-7-5-8-19-41/h5-33,36-37,39-40H,2,4,34-35H2,1,3H3. The van der Waals surface area contributed by atoms with Gasteiger partial charge in [0.15, 0.2) is 17.5 Å². The van der Waals surface area contributed by atoms with Gasteiger partial charge >= 0.3 is 0 Å². The van der Waals surface area contributed by atoms with Crippen LogP contribution < -0.4 is 0 Å². The molecule has 2 aliphatic rings. The Balaban J connectivity index is 1.07. The maximum atomic E-state index is 5.26. The maximum Gasteiger partial charge on any atom is 0.164 e. The van der Waals surface area contributed by atoms with E-state index in [1.54, 1.807) is 0 Å². The topological polar surface area (TPSA) is 38.7 Å². The zero-order chi connectivity index (χ0) is 41.8. The molecule has 0 radical (unpaired) electrons. The van der Waals surface area contributed by atoms with E-state index in [0.29, 0.717) is 29.3 Å². The molecule has 1 spiro atoms. The first-order chi connectivity index (χ1) is 30.5. The molecule has 1 aromatic heterocycles. The lowest BCUT2D eigenvalue weighted by atomic mass is 9.56. The molecule has 0 bridgehead atoms. The summed E-state index contributed by atoms with van der Waals surface area (Å²) in [5, 5.41) is 2.64. The summed E-state index contributed by atoms with van der Waals surface area (Å²) in [6.45, 7) is 9.74. The molecule has 3 nitrogen and oxygen atoms in total. The van der Waals surface area contributed by atoms with Crippen molar-refractivity contribution in [2.75, 3.05) is 0 Å². The van der Waals surface area contributed by atoms with Gasteiger partial charge in [-0.1, -0.05) is 208 Å². The van der Waals surface area contributed by atoms with Crippen molar-refractivity contribution in [3.63, 3.8) is 0 Å². The van der Waals surface area contributed by atoms with E-state index < -0.39 is 0 Å². The molecule has 1 fully saturated rings. The summed E-state index contributed by atoms with van der Waals surface area (Å²) in [5.74, 6) is 3.01. The zero-order valence-corrected chi connectivity index (χ0v) is 35.2. The summed E-state index contributed by atoms with van der Waals surface area (Å²) >= 11 is 0. The van der Waals surface area contributed by atoms with Crippen LogP contribution in [0.2, 0.25) is 0 Å². The molecule has 2 aliphatic carbocycles. The Morgan fingerprint density at radius 3 is 1.82 bits per heavy atom. The van der Waals surface area contributed by atoms with Crippen LogP contribution in [0.1, 0.15) is 44.2 Å². The highest BCUT2D eigenvalue weighted by Gasteiger charge is 2.52. The van der Waals surface area contributed by atoms with E-state index in [4.69, 9.17) is 21.5 Å². The molecule has 3 atom stereocenters. The third-order valence-electron chi connectivity index (χ3n) is 13.7. The zero-order valence-electron chi connectivity index (χ0n) is 35.2. The molecule has 0 saturated heterocycles. The van der Waals surface area contributed by atoms with Crippen LogP contribution in [0.5, 0.6) is 0 Å². The number of rotatable bonds is 7. The average Bonchev–Trinajstić information content (AvgIpc) is 3.64. The quantitative estimate of drug-likeness (QED) is 0.151. The van der Waals surface area contributed by atoms with Crippen molar-refractivity contribution in [1.82, 2.24) is 15.0 Å². The van der Waals surface area contributed by atoms with E-state index in [9.17, 15) is 0 Å². The van der Waals surface area contributed by atoms with Crippen LogP contribution in [0, 0.1) is 11.8 Å². The maximum absolute atomic E-state index is 5.26. The summed E-state index contributed by atoms with van der Waals surface area (Å²) in [4.78, 5) is 15.6. The van der Waals surface area contributed by atoms with Crippen molar-refractivity contribution in [3.8, 4) is 78.7 Å². The van der Waals surface area contributed by atoms with E-state index in [1.807, 2.05) is 24.3 Å². The number of hydrogen-bond donors (Lipinski definition) is 0. The van der Waals surface area contributed by atoms with Crippen molar-refractivity contribution in [2.45, 2.75) is 38.5 Å². The van der Waals surface area contributed by atoms with Gasteiger partial charge in [0.25, 0.3) is 0 Å². The minimum absolute atomic E-state index is 0.227. The Morgan fingerprint density at radius 1 is 0.484 bits per heavy atom. The third kappa shape index (κ3) is 6.14. The smallest absolute Gasteiger partial charge is 0.164 e. The molecule has 3 heteroatoms. The van der Waals surface area contributed by atoms with Crippen LogP contribution in [0.25, 0.3) is 89.4 Å². The van der Waals surface area contributed by atoms with Crippen molar-refractivity contribution >= 4 is 10.8 Å². The lowest BCUT2D eigenvalue weighted by Gasteiger charge is -2.47. The molecule has 0 N–H and O–H groups in total. The Bertz CT molecular complexity index is 3170. The van der Waals surface area contributed by atoms with Crippen molar-refractivity contribution in [3.05, 3.63) is 211 Å². The Labute approximate surface area is 364 Å². The van der Waals surface area contributed by atoms with E-state index >= 15 is 0 Å². The summed E-state index contributed by atoms with van der Waals surface area (Å²) in [6.07, 6.45) is 3.45. The van der Waals surface area contributed by atoms with E-state index in [1.165, 1.54) is 62.6 Å². The molecule has 1 heterocycles. The highest BCUT2D eigenvalue weighted by molar-refractivity contribution is 6.00. The second-order valence-electron chi connectivity index (χ2n) is 17.2. The number of aromatic nitrogens is 3. The van der Waals surface area contributed by atoms with Crippen LogP contribution in [-0.4, -0.2) is 15.0 Å². The predicted octanol–water partition coefficient (Wildman–Crippen LogP) is 15.3. The van der Waals surface area contributed by atoms with Gasteiger partial charge in [0, 0.05) is 22.1 Å².